The fourth-order valence-corrected chi connectivity index (χ4v) is 1.48. The molecule has 0 spiro atoms. The Balaban J connectivity index is 2.90. The van der Waals surface area contributed by atoms with Gasteiger partial charge in [-0.1, -0.05) is 23.7 Å². The number of alkyl halides is 2. The Labute approximate surface area is 86.9 Å². The molecule has 1 rings (SSSR count). The molecule has 0 radical (unpaired) electrons. The van der Waals surface area contributed by atoms with Gasteiger partial charge in [0.1, 0.15) is 0 Å². The van der Waals surface area contributed by atoms with Gasteiger partial charge in [0.15, 0.2) is 0 Å². The first kappa shape index (κ1) is 11.4. The van der Waals surface area contributed by atoms with Crippen LogP contribution in [0.2, 0.25) is 5.02 Å². The van der Waals surface area contributed by atoms with Gasteiger partial charge in [-0.2, -0.15) is 0 Å². The van der Waals surface area contributed by atoms with Crippen LogP contribution >= 0.6 is 11.6 Å². The molecular formula is C10H12ClF2N. The van der Waals surface area contributed by atoms with E-state index < -0.39 is 6.43 Å². The summed E-state index contributed by atoms with van der Waals surface area (Å²) < 4.78 is 24.5. The lowest BCUT2D eigenvalue weighted by atomic mass is 10.1. The topological polar surface area (TPSA) is 26.0 Å². The van der Waals surface area contributed by atoms with Crippen molar-refractivity contribution < 1.29 is 8.78 Å². The van der Waals surface area contributed by atoms with Gasteiger partial charge < -0.3 is 5.73 Å². The molecule has 0 aliphatic heterocycles. The van der Waals surface area contributed by atoms with E-state index in [0.717, 1.165) is 5.56 Å². The molecule has 78 valence electrons. The minimum absolute atomic E-state index is 0.0232. The lowest BCUT2D eigenvalue weighted by Gasteiger charge is -2.08. The van der Waals surface area contributed by atoms with Crippen LogP contribution < -0.4 is 5.73 Å². The van der Waals surface area contributed by atoms with Crippen molar-refractivity contribution in [3.8, 4) is 0 Å². The molecule has 0 aromatic heterocycles. The van der Waals surface area contributed by atoms with Gasteiger partial charge in [0, 0.05) is 16.6 Å². The molecule has 2 N–H and O–H groups in total. The highest BCUT2D eigenvalue weighted by Crippen LogP contribution is 2.25. The number of hydrogen-bond donors (Lipinski definition) is 1. The molecule has 0 amide bonds. The van der Waals surface area contributed by atoms with Crippen molar-refractivity contribution in [2.45, 2.75) is 25.8 Å². The van der Waals surface area contributed by atoms with Crippen molar-refractivity contribution in [3.63, 3.8) is 0 Å². The normalized spacial score (nSPS) is 13.3. The van der Waals surface area contributed by atoms with Gasteiger partial charge in [0.05, 0.1) is 0 Å². The maximum Gasteiger partial charge on any atom is 0.263 e. The minimum atomic E-state index is -2.48. The average Bonchev–Trinajstić information content (AvgIpc) is 2.07. The van der Waals surface area contributed by atoms with Crippen molar-refractivity contribution in [1.29, 1.82) is 0 Å². The Morgan fingerprint density at radius 3 is 2.50 bits per heavy atom. The van der Waals surface area contributed by atoms with Crippen LogP contribution in [0.5, 0.6) is 0 Å². The van der Waals surface area contributed by atoms with Crippen LogP contribution in [0.25, 0.3) is 0 Å². The second kappa shape index (κ2) is 4.71. The molecule has 0 aliphatic carbocycles. The lowest BCUT2D eigenvalue weighted by Crippen LogP contribution is -2.17. The van der Waals surface area contributed by atoms with Crippen molar-refractivity contribution in [1.82, 2.24) is 0 Å². The van der Waals surface area contributed by atoms with E-state index >= 15 is 0 Å². The van der Waals surface area contributed by atoms with Gasteiger partial charge in [0.25, 0.3) is 6.43 Å². The largest absolute Gasteiger partial charge is 0.328 e. The van der Waals surface area contributed by atoms with Gasteiger partial charge in [-0.15, -0.1) is 0 Å². The zero-order chi connectivity index (χ0) is 10.7. The first-order valence-corrected chi connectivity index (χ1v) is 4.70. The van der Waals surface area contributed by atoms with Crippen molar-refractivity contribution in [3.05, 3.63) is 34.3 Å². The van der Waals surface area contributed by atoms with Gasteiger partial charge in [-0.25, -0.2) is 8.78 Å². The second-order valence-electron chi connectivity index (χ2n) is 3.33. The van der Waals surface area contributed by atoms with E-state index in [1.165, 1.54) is 12.1 Å². The molecule has 1 nitrogen and oxygen atoms in total. The zero-order valence-corrected chi connectivity index (χ0v) is 8.56. The predicted molar refractivity (Wildman–Crippen MR) is 53.8 cm³/mol. The summed E-state index contributed by atoms with van der Waals surface area (Å²) in [6.07, 6.45) is -1.88. The molecule has 0 aliphatic rings. The number of rotatable bonds is 3. The molecule has 0 fully saturated rings. The molecule has 0 saturated carbocycles. The lowest BCUT2D eigenvalue weighted by molar-refractivity contribution is 0.151. The van der Waals surface area contributed by atoms with Crippen molar-refractivity contribution in [2.75, 3.05) is 0 Å². The fraction of sp³-hybridized carbons (Fsp3) is 0.400. The van der Waals surface area contributed by atoms with E-state index in [1.807, 2.05) is 6.92 Å². The van der Waals surface area contributed by atoms with Crippen LogP contribution in [0.15, 0.2) is 18.2 Å². The maximum absolute atomic E-state index is 12.3. The third-order valence-corrected chi connectivity index (χ3v) is 2.22. The summed E-state index contributed by atoms with van der Waals surface area (Å²) in [5, 5.41) is 0.361. The van der Waals surface area contributed by atoms with Gasteiger partial charge >= 0.3 is 0 Å². The van der Waals surface area contributed by atoms with Crippen LogP contribution in [-0.4, -0.2) is 6.04 Å². The Morgan fingerprint density at radius 1 is 1.43 bits per heavy atom. The summed E-state index contributed by atoms with van der Waals surface area (Å²) in [4.78, 5) is 0. The quantitative estimate of drug-likeness (QED) is 0.830. The third-order valence-electron chi connectivity index (χ3n) is 1.87. The molecule has 4 heteroatoms. The molecule has 1 aromatic carbocycles. The Bertz CT molecular complexity index is 313. The number of halogens is 3. The Hall–Kier alpha value is -0.670. The number of nitrogens with two attached hydrogens (primary N) is 1. The molecule has 1 aromatic rings. The Kier molecular flexibility index (Phi) is 3.84. The highest BCUT2D eigenvalue weighted by atomic mass is 35.5. The average molecular weight is 220 g/mol. The monoisotopic (exact) mass is 219 g/mol. The van der Waals surface area contributed by atoms with Gasteiger partial charge in [0.2, 0.25) is 0 Å². The van der Waals surface area contributed by atoms with Crippen LogP contribution in [0.4, 0.5) is 8.78 Å². The molecule has 0 saturated heterocycles. The first-order valence-electron chi connectivity index (χ1n) is 4.32. The zero-order valence-electron chi connectivity index (χ0n) is 7.81. The fourth-order valence-electron chi connectivity index (χ4n) is 1.21. The van der Waals surface area contributed by atoms with Gasteiger partial charge in [-0.3, -0.25) is 0 Å². The van der Waals surface area contributed by atoms with Crippen LogP contribution in [0.1, 0.15) is 24.5 Å². The summed E-state index contributed by atoms with van der Waals surface area (Å²) in [6, 6.07) is 4.26. The third kappa shape index (κ3) is 2.93. The standard InChI is InChI=1S/C10H12ClF2N/c1-6(14)4-7-2-3-8(10(12)13)5-9(7)11/h2-3,5-6,10H,4,14H2,1H3. The maximum atomic E-state index is 12.3. The smallest absolute Gasteiger partial charge is 0.263 e. The van der Waals surface area contributed by atoms with E-state index in [-0.39, 0.29) is 11.6 Å². The van der Waals surface area contributed by atoms with E-state index in [4.69, 9.17) is 17.3 Å². The molecular weight excluding hydrogens is 208 g/mol. The molecule has 0 bridgehead atoms. The minimum Gasteiger partial charge on any atom is -0.328 e. The van der Waals surface area contributed by atoms with E-state index in [2.05, 4.69) is 0 Å². The Morgan fingerprint density at radius 2 is 2.07 bits per heavy atom. The molecule has 1 atom stereocenters. The molecule has 14 heavy (non-hydrogen) atoms. The van der Waals surface area contributed by atoms with Crippen LogP contribution in [0.3, 0.4) is 0 Å². The van der Waals surface area contributed by atoms with E-state index in [0.29, 0.717) is 11.4 Å². The summed E-state index contributed by atoms with van der Waals surface area (Å²) in [7, 11) is 0. The highest BCUT2D eigenvalue weighted by molar-refractivity contribution is 6.31. The first-order chi connectivity index (χ1) is 6.50. The summed E-state index contributed by atoms with van der Waals surface area (Å²) in [6.45, 7) is 1.84. The van der Waals surface area contributed by atoms with Crippen molar-refractivity contribution >= 4 is 11.6 Å². The van der Waals surface area contributed by atoms with Crippen LogP contribution in [-0.2, 0) is 6.42 Å². The second-order valence-corrected chi connectivity index (χ2v) is 3.74. The van der Waals surface area contributed by atoms with Crippen molar-refractivity contribution in [2.24, 2.45) is 5.73 Å². The predicted octanol–water partition coefficient (Wildman–Crippen LogP) is 3.17. The summed E-state index contributed by atoms with van der Waals surface area (Å²) >= 11 is 5.83. The van der Waals surface area contributed by atoms with Crippen LogP contribution in [0, 0.1) is 0 Å². The SMILES string of the molecule is CC(N)Cc1ccc(C(F)F)cc1Cl. The number of benzene rings is 1. The van der Waals surface area contributed by atoms with E-state index in [1.54, 1.807) is 6.07 Å². The molecule has 0 heterocycles. The molecule has 1 unspecified atom stereocenters. The highest BCUT2D eigenvalue weighted by Gasteiger charge is 2.10. The summed E-state index contributed by atoms with van der Waals surface area (Å²) in [5.74, 6) is 0. The van der Waals surface area contributed by atoms with Gasteiger partial charge in [-0.05, 0) is 25.0 Å². The number of hydrogen-bond acceptors (Lipinski definition) is 1. The summed E-state index contributed by atoms with van der Waals surface area (Å²) in [5.41, 5.74) is 6.34. The van der Waals surface area contributed by atoms with E-state index in [9.17, 15) is 8.78 Å².